The second kappa shape index (κ2) is 8.24. The van der Waals surface area contributed by atoms with Crippen molar-refractivity contribution in [1.82, 2.24) is 20.1 Å². The highest BCUT2D eigenvalue weighted by Gasteiger charge is 2.37. The molecule has 0 bridgehead atoms. The number of nitrogens with one attached hydrogen (secondary N) is 1. The Kier molecular flexibility index (Phi) is 7.29. The molecule has 0 spiro atoms. The van der Waals surface area contributed by atoms with Gasteiger partial charge < -0.3 is 9.64 Å². The minimum absolute atomic E-state index is 0.138. The highest BCUT2D eigenvalue weighted by molar-refractivity contribution is 9.10. The fraction of sp³-hybridized carbons (Fsp3) is 0.786. The zero-order valence-corrected chi connectivity index (χ0v) is 15.3. The molecule has 0 aliphatic heterocycles. The number of hydrazine groups is 1. The first-order valence-corrected chi connectivity index (χ1v) is 8.14. The normalized spacial score (nSPS) is 16.2. The predicted octanol–water partition coefficient (Wildman–Crippen LogP) is 1.92. The Morgan fingerprint density at radius 1 is 1.52 bits per heavy atom. The number of nitrogens with two attached hydrogens (primary N) is 1. The van der Waals surface area contributed by atoms with E-state index in [0.29, 0.717) is 6.61 Å². The molecule has 0 fully saturated rings. The van der Waals surface area contributed by atoms with Gasteiger partial charge in [-0.1, -0.05) is 6.92 Å². The maximum absolute atomic E-state index is 5.98. The van der Waals surface area contributed by atoms with Gasteiger partial charge in [0, 0.05) is 13.2 Å². The maximum atomic E-state index is 5.98. The maximum Gasteiger partial charge on any atom is 0.0926 e. The van der Waals surface area contributed by atoms with Gasteiger partial charge in [0.05, 0.1) is 34.6 Å². The molecule has 0 amide bonds. The van der Waals surface area contributed by atoms with E-state index in [0.717, 1.165) is 29.7 Å². The lowest BCUT2D eigenvalue weighted by Gasteiger charge is -2.36. The topological polar surface area (TPSA) is 68.3 Å². The van der Waals surface area contributed by atoms with E-state index in [4.69, 9.17) is 10.6 Å². The Bertz CT molecular complexity index is 437. The van der Waals surface area contributed by atoms with Gasteiger partial charge in [-0.05, 0) is 50.3 Å². The second-order valence-electron chi connectivity index (χ2n) is 5.60. The minimum atomic E-state index is -0.387. The Labute approximate surface area is 136 Å². The average Bonchev–Trinajstić information content (AvgIpc) is 2.79. The molecular weight excluding hydrogens is 334 g/mol. The molecule has 2 unspecified atom stereocenters. The van der Waals surface area contributed by atoms with Crippen molar-refractivity contribution in [2.45, 2.75) is 45.4 Å². The summed E-state index contributed by atoms with van der Waals surface area (Å²) in [5, 5.41) is 4.46. The van der Waals surface area contributed by atoms with Crippen LogP contribution in [0.4, 0.5) is 0 Å². The van der Waals surface area contributed by atoms with Gasteiger partial charge in [0.15, 0.2) is 0 Å². The molecule has 21 heavy (non-hydrogen) atoms. The third kappa shape index (κ3) is 4.50. The summed E-state index contributed by atoms with van der Waals surface area (Å²) in [5.74, 6) is 5.85. The number of halogens is 1. The van der Waals surface area contributed by atoms with Crippen LogP contribution in [0.1, 0.15) is 38.9 Å². The molecule has 122 valence electrons. The average molecular weight is 362 g/mol. The van der Waals surface area contributed by atoms with Crippen LogP contribution in [0.15, 0.2) is 10.7 Å². The molecule has 0 aliphatic carbocycles. The number of ether oxygens (including phenoxy) is 1. The number of hydrogen-bond acceptors (Lipinski definition) is 5. The van der Waals surface area contributed by atoms with Gasteiger partial charge in [-0.25, -0.2) is 5.43 Å². The fourth-order valence-electron chi connectivity index (χ4n) is 2.40. The van der Waals surface area contributed by atoms with Crippen LogP contribution >= 0.6 is 15.9 Å². The van der Waals surface area contributed by atoms with Gasteiger partial charge in [0.25, 0.3) is 0 Å². The predicted molar refractivity (Wildman–Crippen MR) is 88.9 cm³/mol. The third-order valence-electron chi connectivity index (χ3n) is 3.82. The highest BCUT2D eigenvalue weighted by Crippen LogP contribution is 2.35. The smallest absolute Gasteiger partial charge is 0.0926 e. The number of aromatic nitrogens is 2. The van der Waals surface area contributed by atoms with E-state index < -0.39 is 0 Å². The van der Waals surface area contributed by atoms with Gasteiger partial charge in [0.1, 0.15) is 0 Å². The van der Waals surface area contributed by atoms with E-state index in [9.17, 15) is 0 Å². The van der Waals surface area contributed by atoms with Crippen molar-refractivity contribution in [1.29, 1.82) is 0 Å². The molecule has 7 heteroatoms. The standard InChI is InChI=1S/C14H28BrN5O/c1-6-14(3,21-7-2)13(18-16)12-11(15)10-17-20(12)9-8-19(4)5/h10,13,18H,6-9,16H2,1-5H3. The van der Waals surface area contributed by atoms with Crippen molar-refractivity contribution in [3.63, 3.8) is 0 Å². The van der Waals surface area contributed by atoms with Gasteiger partial charge in [-0.2, -0.15) is 5.10 Å². The van der Waals surface area contributed by atoms with Crippen LogP contribution < -0.4 is 11.3 Å². The van der Waals surface area contributed by atoms with Crippen molar-refractivity contribution in [3.8, 4) is 0 Å². The molecule has 0 aromatic carbocycles. The Hall–Kier alpha value is -0.470. The molecule has 0 radical (unpaired) electrons. The quantitative estimate of drug-likeness (QED) is 0.519. The van der Waals surface area contributed by atoms with Crippen molar-refractivity contribution in [3.05, 3.63) is 16.4 Å². The Morgan fingerprint density at radius 3 is 2.67 bits per heavy atom. The van der Waals surface area contributed by atoms with Gasteiger partial charge >= 0.3 is 0 Å². The van der Waals surface area contributed by atoms with E-state index in [1.54, 1.807) is 0 Å². The third-order valence-corrected chi connectivity index (χ3v) is 4.43. The Morgan fingerprint density at radius 2 is 2.19 bits per heavy atom. The second-order valence-corrected chi connectivity index (χ2v) is 6.46. The minimum Gasteiger partial charge on any atom is -0.373 e. The van der Waals surface area contributed by atoms with Crippen molar-refractivity contribution >= 4 is 15.9 Å². The summed E-state index contributed by atoms with van der Waals surface area (Å²) in [6.07, 6.45) is 2.67. The van der Waals surface area contributed by atoms with Crippen LogP contribution in [0.3, 0.4) is 0 Å². The van der Waals surface area contributed by atoms with Crippen LogP contribution in [-0.2, 0) is 11.3 Å². The van der Waals surface area contributed by atoms with E-state index >= 15 is 0 Å². The van der Waals surface area contributed by atoms with E-state index in [1.165, 1.54) is 0 Å². The number of rotatable bonds is 9. The van der Waals surface area contributed by atoms with E-state index in [2.05, 4.69) is 45.2 Å². The van der Waals surface area contributed by atoms with Crippen LogP contribution in [-0.4, -0.2) is 47.5 Å². The summed E-state index contributed by atoms with van der Waals surface area (Å²) in [7, 11) is 4.10. The molecule has 6 nitrogen and oxygen atoms in total. The molecule has 3 N–H and O–H groups in total. The molecule has 0 aliphatic rings. The summed E-state index contributed by atoms with van der Waals surface area (Å²) in [5.41, 5.74) is 3.56. The summed E-state index contributed by atoms with van der Waals surface area (Å²) in [6.45, 7) is 8.55. The van der Waals surface area contributed by atoms with E-state index in [-0.39, 0.29) is 11.6 Å². The molecule has 1 heterocycles. The zero-order valence-electron chi connectivity index (χ0n) is 13.7. The van der Waals surface area contributed by atoms with Crippen LogP contribution in [0, 0.1) is 0 Å². The lowest BCUT2D eigenvalue weighted by atomic mass is 9.91. The number of hydrogen-bond donors (Lipinski definition) is 2. The first-order valence-electron chi connectivity index (χ1n) is 7.35. The first kappa shape index (κ1) is 18.6. The molecule has 0 saturated heterocycles. The lowest BCUT2D eigenvalue weighted by Crippen LogP contribution is -2.47. The lowest BCUT2D eigenvalue weighted by molar-refractivity contribution is -0.0585. The SMILES string of the molecule is CCOC(C)(CC)C(NN)c1c(Br)cnn1CCN(C)C. The van der Waals surface area contributed by atoms with Crippen LogP contribution in [0.5, 0.6) is 0 Å². The summed E-state index contributed by atoms with van der Waals surface area (Å²) in [6, 6.07) is -0.138. The van der Waals surface area contributed by atoms with Crippen LogP contribution in [0.2, 0.25) is 0 Å². The van der Waals surface area contributed by atoms with Gasteiger partial charge in [-0.3, -0.25) is 10.5 Å². The zero-order chi connectivity index (χ0) is 16.0. The van der Waals surface area contributed by atoms with Crippen molar-refractivity contribution in [2.24, 2.45) is 5.84 Å². The Balaban J connectivity index is 3.12. The molecule has 1 aromatic heterocycles. The summed E-state index contributed by atoms with van der Waals surface area (Å²) < 4.78 is 8.91. The summed E-state index contributed by atoms with van der Waals surface area (Å²) >= 11 is 3.59. The summed E-state index contributed by atoms with van der Waals surface area (Å²) in [4.78, 5) is 2.13. The fourth-order valence-corrected chi connectivity index (χ4v) is 2.92. The molecule has 1 rings (SSSR count). The van der Waals surface area contributed by atoms with Crippen molar-refractivity contribution < 1.29 is 4.74 Å². The monoisotopic (exact) mass is 361 g/mol. The number of likely N-dealkylation sites (N-methyl/N-ethyl adjacent to an activating group) is 1. The number of nitrogens with zero attached hydrogens (tertiary/aromatic N) is 3. The first-order chi connectivity index (χ1) is 9.89. The molecular formula is C14H28BrN5O. The molecule has 1 aromatic rings. The van der Waals surface area contributed by atoms with Gasteiger partial charge in [-0.15, -0.1) is 0 Å². The molecule has 2 atom stereocenters. The largest absolute Gasteiger partial charge is 0.373 e. The van der Waals surface area contributed by atoms with Crippen molar-refractivity contribution in [2.75, 3.05) is 27.2 Å². The molecule has 0 saturated carbocycles. The van der Waals surface area contributed by atoms with E-state index in [1.807, 2.05) is 31.9 Å². The van der Waals surface area contributed by atoms with Gasteiger partial charge in [0.2, 0.25) is 0 Å². The van der Waals surface area contributed by atoms with Crippen LogP contribution in [0.25, 0.3) is 0 Å². The highest BCUT2D eigenvalue weighted by atomic mass is 79.9.